The van der Waals surface area contributed by atoms with Crippen molar-refractivity contribution in [2.45, 2.75) is 36.1 Å². The molecule has 3 rings (SSSR count). The number of aliphatic hydroxyl groups is 1. The predicted molar refractivity (Wildman–Crippen MR) is 108 cm³/mol. The summed E-state index contributed by atoms with van der Waals surface area (Å²) in [5.41, 5.74) is 0.370. The lowest BCUT2D eigenvalue weighted by Gasteiger charge is -2.31. The molecule has 0 saturated carbocycles. The molecule has 0 saturated heterocycles. The van der Waals surface area contributed by atoms with E-state index in [1.807, 2.05) is 0 Å². The fourth-order valence-electron chi connectivity index (χ4n) is 3.05. The number of nitrogens with one attached hydrogen (secondary N) is 2. The summed E-state index contributed by atoms with van der Waals surface area (Å²) in [4.78, 5) is 12.3. The van der Waals surface area contributed by atoms with Crippen molar-refractivity contribution in [3.8, 4) is 0 Å². The Morgan fingerprint density at radius 1 is 1.07 bits per heavy atom. The van der Waals surface area contributed by atoms with Gasteiger partial charge in [-0.05, 0) is 18.2 Å². The van der Waals surface area contributed by atoms with Crippen LogP contribution in [0.2, 0.25) is 0 Å². The first-order chi connectivity index (χ1) is 14.4. The van der Waals surface area contributed by atoms with Gasteiger partial charge >= 0.3 is 0 Å². The molecule has 0 unspecified atom stereocenters. The number of hydrogen-bond acceptors (Lipinski definition) is 5. The zero-order valence-electron chi connectivity index (χ0n) is 16.1. The van der Waals surface area contributed by atoms with Gasteiger partial charge in [-0.15, -0.1) is 0 Å². The lowest BCUT2D eigenvalue weighted by molar-refractivity contribution is -0.125. The number of benzene rings is 2. The van der Waals surface area contributed by atoms with Gasteiger partial charge in [0.25, 0.3) is 0 Å². The van der Waals surface area contributed by atoms with E-state index in [9.17, 15) is 22.7 Å². The van der Waals surface area contributed by atoms with Gasteiger partial charge in [0.15, 0.2) is 0 Å². The number of carbonyl (C=O) groups excluding carboxylic acids is 1. The van der Waals surface area contributed by atoms with Gasteiger partial charge in [-0.25, -0.2) is 17.5 Å². The molecule has 2 aromatic rings. The predicted octanol–water partition coefficient (Wildman–Crippen LogP) is 1.49. The van der Waals surface area contributed by atoms with Gasteiger partial charge in [-0.2, -0.15) is 0 Å². The van der Waals surface area contributed by atoms with Crippen LogP contribution in [0.25, 0.3) is 0 Å². The molecule has 1 heterocycles. The van der Waals surface area contributed by atoms with Crippen LogP contribution in [0.4, 0.5) is 4.39 Å². The minimum Gasteiger partial charge on any atom is -0.394 e. The molecule has 0 aliphatic carbocycles. The third-order valence-corrected chi connectivity index (χ3v) is 6.10. The number of halogens is 1. The molecule has 30 heavy (non-hydrogen) atoms. The molecule has 0 bridgehead atoms. The molecule has 0 aromatic heterocycles. The molecule has 1 aliphatic heterocycles. The Bertz CT molecular complexity index is 997. The largest absolute Gasteiger partial charge is 0.394 e. The smallest absolute Gasteiger partial charge is 0.241 e. The summed E-state index contributed by atoms with van der Waals surface area (Å²) in [7, 11) is -3.79. The van der Waals surface area contributed by atoms with Crippen molar-refractivity contribution in [2.24, 2.45) is 0 Å². The van der Waals surface area contributed by atoms with Crippen molar-refractivity contribution in [3.63, 3.8) is 0 Å². The van der Waals surface area contributed by atoms with E-state index in [1.54, 1.807) is 48.6 Å². The maximum Gasteiger partial charge on any atom is 0.241 e. The maximum atomic E-state index is 13.6. The van der Waals surface area contributed by atoms with E-state index in [0.29, 0.717) is 5.56 Å². The number of hydrogen-bond donors (Lipinski definition) is 3. The molecule has 3 atom stereocenters. The Labute approximate surface area is 174 Å². The number of ether oxygens (including phenoxy) is 1. The summed E-state index contributed by atoms with van der Waals surface area (Å²) in [5.74, 6) is -0.756. The molecule has 0 spiro atoms. The normalized spacial score (nSPS) is 21.3. The summed E-state index contributed by atoms with van der Waals surface area (Å²) < 4.78 is 46.8. The van der Waals surface area contributed by atoms with Gasteiger partial charge in [0.05, 0.1) is 30.1 Å². The third kappa shape index (κ3) is 5.73. The second-order valence-electron chi connectivity index (χ2n) is 6.81. The van der Waals surface area contributed by atoms with Crippen LogP contribution in [0.5, 0.6) is 0 Å². The second kappa shape index (κ2) is 9.94. The van der Waals surface area contributed by atoms with E-state index in [-0.39, 0.29) is 23.8 Å². The summed E-state index contributed by atoms with van der Waals surface area (Å²) in [5, 5.41) is 12.3. The highest BCUT2D eigenvalue weighted by molar-refractivity contribution is 7.89. The first kappa shape index (κ1) is 22.1. The zero-order valence-corrected chi connectivity index (χ0v) is 16.9. The zero-order chi connectivity index (χ0) is 21.6. The van der Waals surface area contributed by atoms with E-state index >= 15 is 0 Å². The Morgan fingerprint density at radius 2 is 1.77 bits per heavy atom. The molecule has 1 aliphatic rings. The highest BCUT2D eigenvalue weighted by Crippen LogP contribution is 2.18. The van der Waals surface area contributed by atoms with Gasteiger partial charge in [-0.1, -0.05) is 48.6 Å². The Kier molecular flexibility index (Phi) is 7.33. The maximum absolute atomic E-state index is 13.6. The molecule has 3 N–H and O–H groups in total. The van der Waals surface area contributed by atoms with Gasteiger partial charge in [-0.3, -0.25) is 4.79 Å². The number of rotatable bonds is 8. The SMILES string of the molecule is O=C(C[C@H]1C=C[C@H](NS(=O)(=O)c2ccccc2)[C@H](CO)O1)NCc1ccccc1F. The molecule has 7 nitrogen and oxygen atoms in total. The minimum atomic E-state index is -3.79. The number of carbonyl (C=O) groups is 1. The van der Waals surface area contributed by atoms with Crippen LogP contribution < -0.4 is 10.0 Å². The van der Waals surface area contributed by atoms with Gasteiger partial charge < -0.3 is 15.2 Å². The first-order valence-electron chi connectivity index (χ1n) is 9.41. The standard InChI is InChI=1S/C21H23FN2O5S/c22-18-9-5-4-6-15(18)13-23-21(26)12-16-10-11-19(20(14-25)29-16)24-30(27,28)17-7-2-1-3-8-17/h1-11,16,19-20,24-25H,12-14H2,(H,23,26)/t16-,19+,20+/m1/s1. The van der Waals surface area contributed by atoms with Crippen molar-refractivity contribution >= 4 is 15.9 Å². The molecule has 2 aromatic carbocycles. The highest BCUT2D eigenvalue weighted by Gasteiger charge is 2.31. The molecule has 1 amide bonds. The average Bonchev–Trinajstić information content (AvgIpc) is 2.74. The minimum absolute atomic E-state index is 0.0421. The monoisotopic (exact) mass is 434 g/mol. The molecule has 0 fully saturated rings. The second-order valence-corrected chi connectivity index (χ2v) is 8.53. The topological polar surface area (TPSA) is 105 Å². The molecular formula is C21H23FN2O5S. The summed E-state index contributed by atoms with van der Waals surface area (Å²) in [6.45, 7) is -0.384. The highest BCUT2D eigenvalue weighted by atomic mass is 32.2. The van der Waals surface area contributed by atoms with Crippen LogP contribution in [-0.4, -0.2) is 44.3 Å². The van der Waals surface area contributed by atoms with Gasteiger partial charge in [0, 0.05) is 12.1 Å². The van der Waals surface area contributed by atoms with Crippen LogP contribution in [0.15, 0.2) is 71.6 Å². The Balaban J connectivity index is 1.58. The molecule has 160 valence electrons. The van der Waals surface area contributed by atoms with Crippen LogP contribution in [0.1, 0.15) is 12.0 Å². The van der Waals surface area contributed by atoms with E-state index in [4.69, 9.17) is 4.74 Å². The molecular weight excluding hydrogens is 411 g/mol. The van der Waals surface area contributed by atoms with E-state index in [1.165, 1.54) is 18.2 Å². The lowest BCUT2D eigenvalue weighted by Crippen LogP contribution is -2.49. The van der Waals surface area contributed by atoms with E-state index in [0.717, 1.165) is 0 Å². The van der Waals surface area contributed by atoms with Crippen LogP contribution in [0.3, 0.4) is 0 Å². The van der Waals surface area contributed by atoms with Crippen molar-refractivity contribution in [2.75, 3.05) is 6.61 Å². The van der Waals surface area contributed by atoms with Crippen molar-refractivity contribution in [1.82, 2.24) is 10.0 Å². The van der Waals surface area contributed by atoms with E-state index < -0.39 is 40.7 Å². The molecule has 0 radical (unpaired) electrons. The van der Waals surface area contributed by atoms with Crippen molar-refractivity contribution in [3.05, 3.63) is 78.1 Å². The van der Waals surface area contributed by atoms with Crippen LogP contribution >= 0.6 is 0 Å². The summed E-state index contributed by atoms with van der Waals surface area (Å²) >= 11 is 0. The quantitative estimate of drug-likeness (QED) is 0.546. The lowest BCUT2D eigenvalue weighted by atomic mass is 10.1. The third-order valence-electron chi connectivity index (χ3n) is 4.63. The Hall–Kier alpha value is -2.59. The fourth-order valence-corrected chi connectivity index (χ4v) is 4.29. The van der Waals surface area contributed by atoms with Crippen LogP contribution in [0, 0.1) is 5.82 Å². The average molecular weight is 434 g/mol. The van der Waals surface area contributed by atoms with E-state index in [2.05, 4.69) is 10.0 Å². The van der Waals surface area contributed by atoms with Crippen molar-refractivity contribution in [1.29, 1.82) is 0 Å². The van der Waals surface area contributed by atoms with Gasteiger partial charge in [0.2, 0.25) is 15.9 Å². The molecule has 9 heteroatoms. The summed E-state index contributed by atoms with van der Waals surface area (Å²) in [6, 6.07) is 13.2. The Morgan fingerprint density at radius 3 is 2.47 bits per heavy atom. The fraction of sp³-hybridized carbons (Fsp3) is 0.286. The number of sulfonamides is 1. The first-order valence-corrected chi connectivity index (χ1v) is 10.9. The van der Waals surface area contributed by atoms with Gasteiger partial charge in [0.1, 0.15) is 11.9 Å². The summed E-state index contributed by atoms with van der Waals surface area (Å²) in [6.07, 6.45) is 1.62. The number of aliphatic hydroxyl groups excluding tert-OH is 1. The van der Waals surface area contributed by atoms with Crippen molar-refractivity contribution < 1.29 is 27.4 Å². The van der Waals surface area contributed by atoms with Crippen LogP contribution in [-0.2, 0) is 26.1 Å². The number of amides is 1.